The third-order valence-corrected chi connectivity index (χ3v) is 3.80. The standard InChI is InChI=1S/C20H18/c1-4-8-16-15(5-2)17-9-6-7-10-18(17)19-12-11-14(3)13-20(16)19/h4-13H,2H2,1,3H3/b8-4-. The lowest BCUT2D eigenvalue weighted by molar-refractivity contribution is 1.50. The van der Waals surface area contributed by atoms with Gasteiger partial charge in [-0.1, -0.05) is 72.8 Å². The van der Waals surface area contributed by atoms with Crippen molar-refractivity contribution in [3.8, 4) is 0 Å². The third kappa shape index (κ3) is 1.85. The van der Waals surface area contributed by atoms with E-state index >= 15 is 0 Å². The number of rotatable bonds is 2. The van der Waals surface area contributed by atoms with Crippen molar-refractivity contribution >= 4 is 33.7 Å². The molecule has 0 saturated carbocycles. The van der Waals surface area contributed by atoms with E-state index in [0.29, 0.717) is 0 Å². The predicted molar refractivity (Wildman–Crippen MR) is 91.0 cm³/mol. The summed E-state index contributed by atoms with van der Waals surface area (Å²) in [5.41, 5.74) is 3.77. The fourth-order valence-corrected chi connectivity index (χ4v) is 2.92. The fraction of sp³-hybridized carbons (Fsp3) is 0.100. The third-order valence-electron chi connectivity index (χ3n) is 3.80. The zero-order chi connectivity index (χ0) is 14.1. The highest BCUT2D eigenvalue weighted by Crippen LogP contribution is 2.34. The summed E-state index contributed by atoms with van der Waals surface area (Å²) >= 11 is 0. The fourth-order valence-electron chi connectivity index (χ4n) is 2.92. The van der Waals surface area contributed by atoms with Gasteiger partial charge in [0.25, 0.3) is 0 Å². The Morgan fingerprint density at radius 1 is 0.850 bits per heavy atom. The molecule has 0 amide bonds. The van der Waals surface area contributed by atoms with E-state index in [0.717, 1.165) is 0 Å². The Hall–Kier alpha value is -2.34. The highest BCUT2D eigenvalue weighted by atomic mass is 14.1. The van der Waals surface area contributed by atoms with Gasteiger partial charge in [0.2, 0.25) is 0 Å². The summed E-state index contributed by atoms with van der Waals surface area (Å²) < 4.78 is 0. The molecule has 0 nitrogen and oxygen atoms in total. The minimum absolute atomic E-state index is 1.22. The minimum Gasteiger partial charge on any atom is -0.0984 e. The zero-order valence-electron chi connectivity index (χ0n) is 12.0. The largest absolute Gasteiger partial charge is 0.0984 e. The average Bonchev–Trinajstić information content (AvgIpc) is 2.47. The molecule has 0 aliphatic carbocycles. The van der Waals surface area contributed by atoms with E-state index in [1.807, 2.05) is 6.08 Å². The van der Waals surface area contributed by atoms with Gasteiger partial charge in [-0.2, -0.15) is 0 Å². The van der Waals surface area contributed by atoms with E-state index in [1.54, 1.807) is 0 Å². The molecule has 98 valence electrons. The van der Waals surface area contributed by atoms with Crippen molar-refractivity contribution in [3.05, 3.63) is 71.8 Å². The molecular formula is C20H18. The summed E-state index contributed by atoms with van der Waals surface area (Å²) in [4.78, 5) is 0. The first kappa shape index (κ1) is 12.7. The van der Waals surface area contributed by atoms with Crippen LogP contribution in [0.2, 0.25) is 0 Å². The molecule has 0 aromatic heterocycles. The predicted octanol–water partition coefficient (Wildman–Crippen LogP) is 5.98. The minimum atomic E-state index is 1.22. The van der Waals surface area contributed by atoms with E-state index in [1.165, 1.54) is 38.2 Å². The molecule has 0 atom stereocenters. The van der Waals surface area contributed by atoms with Gasteiger partial charge in [-0.25, -0.2) is 0 Å². The average molecular weight is 258 g/mol. The van der Waals surface area contributed by atoms with Crippen LogP contribution < -0.4 is 0 Å². The molecule has 0 bridgehead atoms. The maximum Gasteiger partial charge on any atom is -0.00964 e. The first-order valence-corrected chi connectivity index (χ1v) is 6.96. The summed E-state index contributed by atoms with van der Waals surface area (Å²) in [6.45, 7) is 8.22. The lowest BCUT2D eigenvalue weighted by Gasteiger charge is -2.13. The molecular weight excluding hydrogens is 240 g/mol. The van der Waals surface area contributed by atoms with Crippen LogP contribution in [0.4, 0.5) is 0 Å². The summed E-state index contributed by atoms with van der Waals surface area (Å²) in [5, 5.41) is 5.18. The van der Waals surface area contributed by atoms with Gasteiger partial charge in [-0.3, -0.25) is 0 Å². The number of aryl methyl sites for hydroxylation is 1. The maximum atomic E-state index is 4.02. The summed E-state index contributed by atoms with van der Waals surface area (Å²) in [6.07, 6.45) is 6.25. The van der Waals surface area contributed by atoms with Crippen molar-refractivity contribution in [1.82, 2.24) is 0 Å². The summed E-state index contributed by atoms with van der Waals surface area (Å²) in [6, 6.07) is 15.2. The lowest BCUT2D eigenvalue weighted by atomic mass is 9.90. The number of hydrogen-bond acceptors (Lipinski definition) is 0. The lowest BCUT2D eigenvalue weighted by Crippen LogP contribution is -1.89. The molecule has 3 aromatic carbocycles. The molecule has 0 aliphatic rings. The Labute approximate surface area is 120 Å². The van der Waals surface area contributed by atoms with E-state index in [9.17, 15) is 0 Å². The summed E-state index contributed by atoms with van der Waals surface area (Å²) in [5.74, 6) is 0. The Balaban J connectivity index is 2.64. The molecule has 0 heteroatoms. The van der Waals surface area contributed by atoms with Crippen LogP contribution in [0.25, 0.3) is 33.7 Å². The number of fused-ring (bicyclic) bond motifs is 3. The van der Waals surface area contributed by atoms with Crippen LogP contribution in [0.5, 0.6) is 0 Å². The van der Waals surface area contributed by atoms with Crippen molar-refractivity contribution in [2.75, 3.05) is 0 Å². The molecule has 0 spiro atoms. The van der Waals surface area contributed by atoms with E-state index in [2.05, 4.69) is 75.0 Å². The van der Waals surface area contributed by atoms with Crippen molar-refractivity contribution in [3.63, 3.8) is 0 Å². The molecule has 3 aromatic rings. The van der Waals surface area contributed by atoms with Crippen LogP contribution in [-0.2, 0) is 0 Å². The molecule has 0 fully saturated rings. The van der Waals surface area contributed by atoms with Crippen LogP contribution in [0.1, 0.15) is 23.6 Å². The zero-order valence-corrected chi connectivity index (χ0v) is 12.0. The van der Waals surface area contributed by atoms with Crippen LogP contribution in [0, 0.1) is 6.92 Å². The quantitative estimate of drug-likeness (QED) is 0.496. The van der Waals surface area contributed by atoms with Gasteiger partial charge in [0, 0.05) is 0 Å². The second-order valence-corrected chi connectivity index (χ2v) is 5.13. The van der Waals surface area contributed by atoms with Gasteiger partial charge < -0.3 is 0 Å². The Morgan fingerprint density at radius 3 is 2.25 bits per heavy atom. The van der Waals surface area contributed by atoms with Crippen LogP contribution in [-0.4, -0.2) is 0 Å². The maximum absolute atomic E-state index is 4.02. The van der Waals surface area contributed by atoms with Crippen LogP contribution >= 0.6 is 0 Å². The highest BCUT2D eigenvalue weighted by molar-refractivity contribution is 6.14. The van der Waals surface area contributed by atoms with Gasteiger partial charge in [0.15, 0.2) is 0 Å². The van der Waals surface area contributed by atoms with Crippen molar-refractivity contribution in [1.29, 1.82) is 0 Å². The molecule has 20 heavy (non-hydrogen) atoms. The Morgan fingerprint density at radius 2 is 1.55 bits per heavy atom. The number of allylic oxidation sites excluding steroid dienone is 1. The Kier molecular flexibility index (Phi) is 3.15. The second-order valence-electron chi connectivity index (χ2n) is 5.13. The van der Waals surface area contributed by atoms with Crippen molar-refractivity contribution in [2.45, 2.75) is 13.8 Å². The van der Waals surface area contributed by atoms with Crippen LogP contribution in [0.15, 0.2) is 55.1 Å². The molecule has 3 rings (SSSR count). The first-order chi connectivity index (χ1) is 9.76. The highest BCUT2D eigenvalue weighted by Gasteiger charge is 2.10. The molecule has 0 radical (unpaired) electrons. The van der Waals surface area contributed by atoms with Crippen molar-refractivity contribution < 1.29 is 0 Å². The Bertz CT molecular complexity index is 835. The molecule has 0 unspecified atom stereocenters. The summed E-state index contributed by atoms with van der Waals surface area (Å²) in [7, 11) is 0. The smallest absolute Gasteiger partial charge is 0.00964 e. The molecule has 0 heterocycles. The topological polar surface area (TPSA) is 0 Å². The van der Waals surface area contributed by atoms with E-state index in [-0.39, 0.29) is 0 Å². The van der Waals surface area contributed by atoms with Gasteiger partial charge in [0.05, 0.1) is 0 Å². The van der Waals surface area contributed by atoms with Crippen molar-refractivity contribution in [2.24, 2.45) is 0 Å². The molecule has 0 saturated heterocycles. The van der Waals surface area contributed by atoms with Gasteiger partial charge in [-0.05, 0) is 46.5 Å². The number of hydrogen-bond donors (Lipinski definition) is 0. The van der Waals surface area contributed by atoms with Gasteiger partial charge in [0.1, 0.15) is 0 Å². The van der Waals surface area contributed by atoms with Crippen LogP contribution in [0.3, 0.4) is 0 Å². The second kappa shape index (κ2) is 4.97. The SMILES string of the molecule is C=Cc1c(/C=C\C)c2cc(C)ccc2c2ccccc12. The normalized spacial score (nSPS) is 11.5. The van der Waals surface area contributed by atoms with E-state index in [4.69, 9.17) is 0 Å². The number of benzene rings is 3. The monoisotopic (exact) mass is 258 g/mol. The molecule has 0 N–H and O–H groups in total. The van der Waals surface area contributed by atoms with Gasteiger partial charge >= 0.3 is 0 Å². The first-order valence-electron chi connectivity index (χ1n) is 6.96. The molecule has 0 aliphatic heterocycles. The van der Waals surface area contributed by atoms with Gasteiger partial charge in [-0.15, -0.1) is 0 Å². The van der Waals surface area contributed by atoms with E-state index < -0.39 is 0 Å².